The van der Waals surface area contributed by atoms with Gasteiger partial charge in [0.25, 0.3) is 5.91 Å². The summed E-state index contributed by atoms with van der Waals surface area (Å²) in [7, 11) is 0. The predicted octanol–water partition coefficient (Wildman–Crippen LogP) is 2.74. The Kier molecular flexibility index (Phi) is 7.21. The summed E-state index contributed by atoms with van der Waals surface area (Å²) < 4.78 is 41.4. The van der Waals surface area contributed by atoms with E-state index in [1.807, 2.05) is 19.1 Å². The molecular weight excluding hydrogens is 498 g/mol. The van der Waals surface area contributed by atoms with Gasteiger partial charge in [0.05, 0.1) is 49.3 Å². The third-order valence-corrected chi connectivity index (χ3v) is 7.14. The Balaban J connectivity index is 1.57. The Morgan fingerprint density at radius 2 is 1.89 bits per heavy atom. The second-order valence-corrected chi connectivity index (χ2v) is 9.86. The van der Waals surface area contributed by atoms with Crippen molar-refractivity contribution in [3.05, 3.63) is 41.5 Å². The third-order valence-electron chi connectivity index (χ3n) is 7.14. The fourth-order valence-electron chi connectivity index (χ4n) is 5.27. The van der Waals surface area contributed by atoms with E-state index in [4.69, 9.17) is 25.2 Å². The monoisotopic (exact) mass is 530 g/mol. The number of fused-ring (bicyclic) bond motifs is 1. The molecule has 3 aliphatic rings. The van der Waals surface area contributed by atoms with Gasteiger partial charge >= 0.3 is 6.61 Å². The van der Waals surface area contributed by atoms with Gasteiger partial charge in [-0.15, -0.1) is 0 Å². The van der Waals surface area contributed by atoms with Crippen LogP contribution in [-0.2, 0) is 9.47 Å². The fraction of sp³-hybridized carbons (Fsp3) is 0.500. The molecule has 4 heterocycles. The number of carbonyl (C=O) groups is 1. The van der Waals surface area contributed by atoms with Gasteiger partial charge in [0.1, 0.15) is 17.4 Å². The van der Waals surface area contributed by atoms with E-state index in [1.54, 1.807) is 6.07 Å². The van der Waals surface area contributed by atoms with Crippen molar-refractivity contribution < 1.29 is 27.8 Å². The number of primary amides is 1. The van der Waals surface area contributed by atoms with Gasteiger partial charge in [-0.25, -0.2) is 9.98 Å². The first-order valence-corrected chi connectivity index (χ1v) is 12.6. The summed E-state index contributed by atoms with van der Waals surface area (Å²) in [5.74, 6) is -0.489. The number of halogens is 2. The maximum absolute atomic E-state index is 12.8. The van der Waals surface area contributed by atoms with Crippen molar-refractivity contribution in [2.45, 2.75) is 45.3 Å². The number of pyridine rings is 1. The van der Waals surface area contributed by atoms with Crippen molar-refractivity contribution in [2.24, 2.45) is 10.7 Å². The van der Waals surface area contributed by atoms with Crippen LogP contribution < -0.4 is 15.8 Å². The van der Waals surface area contributed by atoms with Crippen molar-refractivity contribution >= 4 is 17.6 Å². The number of rotatable bonds is 5. The Hall–Kier alpha value is -3.35. The van der Waals surface area contributed by atoms with Crippen LogP contribution in [0.15, 0.2) is 35.3 Å². The molecule has 1 aromatic heterocycles. The largest absolute Gasteiger partial charge is 0.434 e. The number of morpholine rings is 2. The lowest BCUT2D eigenvalue weighted by atomic mass is 10.0. The molecule has 2 saturated heterocycles. The summed E-state index contributed by atoms with van der Waals surface area (Å²) in [5.41, 5.74) is 7.22. The summed E-state index contributed by atoms with van der Waals surface area (Å²) in [6.07, 6.45) is 0. The first kappa shape index (κ1) is 26.3. The van der Waals surface area contributed by atoms with E-state index in [1.165, 1.54) is 12.1 Å². The van der Waals surface area contributed by atoms with Crippen LogP contribution in [0.5, 0.6) is 5.75 Å². The number of nitrogens with one attached hydrogen (secondary N) is 1. The number of anilines is 1. The van der Waals surface area contributed by atoms with Crippen LogP contribution in [0.25, 0.3) is 11.3 Å². The summed E-state index contributed by atoms with van der Waals surface area (Å²) in [4.78, 5) is 26.6. The number of amidine groups is 1. The Morgan fingerprint density at radius 1 is 1.16 bits per heavy atom. The van der Waals surface area contributed by atoms with Crippen LogP contribution in [0.4, 0.5) is 14.6 Å². The number of nitrogens with zero attached hydrogens (tertiary/aromatic N) is 4. The molecule has 5 rings (SSSR count). The quantitative estimate of drug-likeness (QED) is 0.607. The SMILES string of the molecule is C[C@H]1COCCN1C1=NC(C)(N2CCOC[C@@H]2C)Nc2nc(-c3ccc(OC(F)F)c(C(N)=O)c3)ccc21. The van der Waals surface area contributed by atoms with E-state index in [0.717, 1.165) is 11.4 Å². The molecule has 2 fully saturated rings. The molecule has 1 unspecified atom stereocenters. The molecule has 3 N–H and O–H groups in total. The maximum Gasteiger partial charge on any atom is 0.387 e. The van der Waals surface area contributed by atoms with Crippen molar-refractivity contribution in [1.82, 2.24) is 14.8 Å². The van der Waals surface area contributed by atoms with Gasteiger partial charge in [-0.1, -0.05) is 0 Å². The third kappa shape index (κ3) is 5.03. The summed E-state index contributed by atoms with van der Waals surface area (Å²) in [6.45, 7) is 6.95. The molecule has 2 aromatic rings. The molecule has 204 valence electrons. The zero-order chi connectivity index (χ0) is 27.0. The highest BCUT2D eigenvalue weighted by atomic mass is 19.3. The zero-order valence-electron chi connectivity index (χ0n) is 21.6. The standard InChI is InChI=1S/C26H32F2N6O4/c1-15-13-36-10-8-33(15)24-18-5-6-20(17-4-7-21(38-25(27)28)19(12-17)22(29)35)30-23(18)31-26(3,32-24)34-9-11-37-14-16(34)2/h4-7,12,15-16,25H,8-11,13-14H2,1-3H3,(H2,29,35)(H,30,31)/t15-,16-,26?/m0/s1. The summed E-state index contributed by atoms with van der Waals surface area (Å²) in [5, 5.41) is 3.54. The molecule has 0 saturated carbocycles. The predicted molar refractivity (Wildman–Crippen MR) is 137 cm³/mol. The van der Waals surface area contributed by atoms with E-state index in [-0.39, 0.29) is 23.4 Å². The number of hydrogen-bond acceptors (Lipinski definition) is 9. The molecular formula is C26H32F2N6O4. The minimum absolute atomic E-state index is 0.124. The first-order chi connectivity index (χ1) is 18.2. The highest BCUT2D eigenvalue weighted by molar-refractivity contribution is 6.05. The van der Waals surface area contributed by atoms with Crippen LogP contribution in [0.2, 0.25) is 0 Å². The van der Waals surface area contributed by atoms with E-state index in [0.29, 0.717) is 56.6 Å². The van der Waals surface area contributed by atoms with E-state index in [9.17, 15) is 13.6 Å². The number of nitrogens with two attached hydrogens (primary N) is 1. The van der Waals surface area contributed by atoms with Crippen molar-refractivity contribution in [3.8, 4) is 17.0 Å². The number of ether oxygens (including phenoxy) is 3. The fourth-order valence-corrected chi connectivity index (χ4v) is 5.27. The highest BCUT2D eigenvalue weighted by Crippen LogP contribution is 2.35. The van der Waals surface area contributed by atoms with Gasteiger partial charge in [0.2, 0.25) is 0 Å². The zero-order valence-corrected chi connectivity index (χ0v) is 21.6. The van der Waals surface area contributed by atoms with Crippen LogP contribution in [0.3, 0.4) is 0 Å². The Bertz CT molecular complexity index is 1240. The van der Waals surface area contributed by atoms with Crippen molar-refractivity contribution in [3.63, 3.8) is 0 Å². The molecule has 0 aliphatic carbocycles. The van der Waals surface area contributed by atoms with Gasteiger partial charge in [-0.2, -0.15) is 8.78 Å². The van der Waals surface area contributed by atoms with Crippen LogP contribution in [0.1, 0.15) is 36.7 Å². The summed E-state index contributed by atoms with van der Waals surface area (Å²) >= 11 is 0. The Labute approximate surface area is 219 Å². The molecule has 3 aliphatic heterocycles. The molecule has 3 atom stereocenters. The van der Waals surface area contributed by atoms with Gasteiger partial charge in [-0.3, -0.25) is 9.69 Å². The van der Waals surface area contributed by atoms with Crippen LogP contribution in [-0.4, -0.2) is 90.5 Å². The molecule has 0 spiro atoms. The van der Waals surface area contributed by atoms with Gasteiger partial charge in [-0.05, 0) is 51.1 Å². The normalized spacial score (nSPS) is 25.9. The highest BCUT2D eigenvalue weighted by Gasteiger charge is 2.42. The Morgan fingerprint density at radius 3 is 2.58 bits per heavy atom. The maximum atomic E-state index is 12.8. The van der Waals surface area contributed by atoms with E-state index < -0.39 is 18.3 Å². The second-order valence-electron chi connectivity index (χ2n) is 9.86. The average Bonchev–Trinajstić information content (AvgIpc) is 2.88. The minimum Gasteiger partial charge on any atom is -0.434 e. The molecule has 1 amide bonds. The molecule has 1 aromatic carbocycles. The van der Waals surface area contributed by atoms with Gasteiger partial charge in [0.15, 0.2) is 5.79 Å². The minimum atomic E-state index is -3.08. The lowest BCUT2D eigenvalue weighted by Gasteiger charge is -2.48. The average molecular weight is 531 g/mol. The van der Waals surface area contributed by atoms with Crippen LogP contribution >= 0.6 is 0 Å². The lowest BCUT2D eigenvalue weighted by Crippen LogP contribution is -2.62. The van der Waals surface area contributed by atoms with E-state index in [2.05, 4.69) is 33.7 Å². The number of amides is 1. The molecule has 10 nitrogen and oxygen atoms in total. The number of aromatic nitrogens is 1. The number of carbonyl (C=O) groups excluding carboxylic acids is 1. The molecule has 0 bridgehead atoms. The first-order valence-electron chi connectivity index (χ1n) is 12.6. The van der Waals surface area contributed by atoms with Crippen LogP contribution in [0, 0.1) is 0 Å². The molecule has 12 heteroatoms. The smallest absolute Gasteiger partial charge is 0.387 e. The van der Waals surface area contributed by atoms with E-state index >= 15 is 0 Å². The molecule has 38 heavy (non-hydrogen) atoms. The lowest BCUT2D eigenvalue weighted by molar-refractivity contribution is -0.0501. The number of hydrogen-bond donors (Lipinski definition) is 2. The number of benzene rings is 1. The topological polar surface area (TPSA) is 115 Å². The van der Waals surface area contributed by atoms with Gasteiger partial charge in [0, 0.05) is 24.7 Å². The van der Waals surface area contributed by atoms with Gasteiger partial charge < -0.3 is 30.2 Å². The number of aliphatic imine (C=N–C) groups is 1. The number of alkyl halides is 2. The van der Waals surface area contributed by atoms with Crippen molar-refractivity contribution in [2.75, 3.05) is 44.8 Å². The second kappa shape index (κ2) is 10.4. The van der Waals surface area contributed by atoms with Crippen molar-refractivity contribution in [1.29, 1.82) is 0 Å². The molecule has 0 radical (unpaired) electrons. The summed E-state index contributed by atoms with van der Waals surface area (Å²) in [6, 6.07) is 8.29.